The molecule has 1 aromatic heterocycles. The van der Waals surface area contributed by atoms with Crippen LogP contribution >= 0.6 is 0 Å². The highest BCUT2D eigenvalue weighted by molar-refractivity contribution is 5.95. The van der Waals surface area contributed by atoms with E-state index in [1.54, 1.807) is 37.7 Å². The molecule has 0 saturated heterocycles. The summed E-state index contributed by atoms with van der Waals surface area (Å²) in [5.74, 6) is -2.52. The number of nitrogens with two attached hydrogens (primary N) is 2. The van der Waals surface area contributed by atoms with Gasteiger partial charge in [0.15, 0.2) is 17.9 Å². The summed E-state index contributed by atoms with van der Waals surface area (Å²) in [6, 6.07) is 1.70. The lowest BCUT2D eigenvalue weighted by Gasteiger charge is -2.20. The molecule has 1 aromatic carbocycles. The fourth-order valence-corrected chi connectivity index (χ4v) is 2.53. The van der Waals surface area contributed by atoms with Crippen molar-refractivity contribution in [2.45, 2.75) is 26.4 Å². The lowest BCUT2D eigenvalue weighted by Crippen LogP contribution is -2.34. The highest BCUT2D eigenvalue weighted by Gasteiger charge is 2.17. The van der Waals surface area contributed by atoms with Crippen LogP contribution in [0.1, 0.15) is 31.1 Å². The quantitative estimate of drug-likeness (QED) is 0.190. The minimum Gasteiger partial charge on any atom is -0.465 e. The van der Waals surface area contributed by atoms with Gasteiger partial charge < -0.3 is 31.6 Å². The molecular formula is C23H30F2N6O5. The van der Waals surface area contributed by atoms with Crippen LogP contribution in [-0.2, 0) is 14.3 Å². The number of aldehydes is 1. The maximum Gasteiger partial charge on any atom is 0.407 e. The third kappa shape index (κ3) is 9.44. The summed E-state index contributed by atoms with van der Waals surface area (Å²) >= 11 is 0. The number of hydrogen-bond donors (Lipinski definition) is 4. The monoisotopic (exact) mass is 508 g/mol. The summed E-state index contributed by atoms with van der Waals surface area (Å²) < 4.78 is 36.6. The van der Waals surface area contributed by atoms with Crippen LogP contribution in [0, 0.1) is 11.6 Å². The van der Waals surface area contributed by atoms with Crippen LogP contribution in [0.3, 0.4) is 0 Å². The van der Waals surface area contributed by atoms with Crippen LogP contribution in [0.25, 0.3) is 5.82 Å². The molecule has 0 fully saturated rings. The zero-order chi connectivity index (χ0) is 27.5. The van der Waals surface area contributed by atoms with Gasteiger partial charge in [-0.05, 0) is 32.9 Å². The number of alkyl carbamates (subject to hydrolysis) is 1. The molecule has 196 valence electrons. The first-order valence-electron chi connectivity index (χ1n) is 10.4. The van der Waals surface area contributed by atoms with Crippen molar-refractivity contribution in [1.29, 1.82) is 0 Å². The van der Waals surface area contributed by atoms with Crippen molar-refractivity contribution in [1.82, 2.24) is 14.9 Å². The number of carbonyl (C=O) groups excluding carboxylic acids is 3. The molecule has 0 saturated carbocycles. The average molecular weight is 509 g/mol. The number of halogens is 2. The van der Waals surface area contributed by atoms with Crippen LogP contribution in [0.5, 0.6) is 0 Å². The molecule has 0 aliphatic heterocycles. The Morgan fingerprint density at radius 3 is 2.33 bits per heavy atom. The van der Waals surface area contributed by atoms with Gasteiger partial charge in [-0.1, -0.05) is 0 Å². The summed E-state index contributed by atoms with van der Waals surface area (Å²) in [5.41, 5.74) is 11.5. The Kier molecular flexibility index (Phi) is 11.1. The van der Waals surface area contributed by atoms with E-state index in [9.17, 15) is 23.2 Å². The number of esters is 1. The SMILES string of the molecule is CC(C)(C)OC(=O)NCC(/C=C(\N)C=O)=C(/N)n1ccnc1.CNc1cc(F)c(F)cc1C(=O)OC. The average Bonchev–Trinajstić information content (AvgIpc) is 3.36. The Morgan fingerprint density at radius 2 is 1.83 bits per heavy atom. The lowest BCUT2D eigenvalue weighted by molar-refractivity contribution is -0.105. The van der Waals surface area contributed by atoms with Gasteiger partial charge in [0, 0.05) is 37.6 Å². The second-order valence-corrected chi connectivity index (χ2v) is 8.05. The predicted octanol–water partition coefficient (Wildman–Crippen LogP) is 2.37. The molecule has 0 spiro atoms. The molecule has 0 unspecified atom stereocenters. The summed E-state index contributed by atoms with van der Waals surface area (Å²) in [7, 11) is 2.67. The number of aromatic nitrogens is 2. The van der Waals surface area contributed by atoms with E-state index in [2.05, 4.69) is 20.4 Å². The Bertz CT molecular complexity index is 1120. The van der Waals surface area contributed by atoms with E-state index in [-0.39, 0.29) is 23.5 Å². The number of imidazole rings is 1. The normalized spacial score (nSPS) is 11.9. The van der Waals surface area contributed by atoms with Crippen LogP contribution in [0.4, 0.5) is 19.3 Å². The number of benzene rings is 1. The number of carbonyl (C=O) groups is 3. The molecule has 0 aliphatic carbocycles. The fourth-order valence-electron chi connectivity index (χ4n) is 2.53. The van der Waals surface area contributed by atoms with E-state index < -0.39 is 29.3 Å². The molecule has 2 aromatic rings. The molecule has 6 N–H and O–H groups in total. The highest BCUT2D eigenvalue weighted by Crippen LogP contribution is 2.20. The molecule has 11 nitrogen and oxygen atoms in total. The van der Waals surface area contributed by atoms with Crippen LogP contribution < -0.4 is 22.1 Å². The Labute approximate surface area is 207 Å². The maximum atomic E-state index is 12.8. The first-order chi connectivity index (χ1) is 16.8. The summed E-state index contributed by atoms with van der Waals surface area (Å²) in [6.07, 6.45) is 5.97. The molecule has 0 radical (unpaired) electrons. The molecule has 2 rings (SSSR count). The van der Waals surface area contributed by atoms with Gasteiger partial charge in [0.1, 0.15) is 17.7 Å². The Balaban J connectivity index is 0.000000397. The number of nitrogens with zero attached hydrogens (tertiary/aromatic N) is 2. The van der Waals surface area contributed by atoms with Crippen molar-refractivity contribution in [3.63, 3.8) is 0 Å². The number of nitrogens with one attached hydrogen (secondary N) is 2. The topological polar surface area (TPSA) is 164 Å². The first kappa shape index (κ1) is 29.6. The van der Waals surface area contributed by atoms with Crippen molar-refractivity contribution >= 4 is 29.9 Å². The standard InChI is InChI=1S/C14H21N5O3.C9H9F2NO2/c1-14(2,3)22-13(21)18-7-10(6-11(15)8-20)12(16)19-5-4-17-9-19;1-12-8-4-7(11)6(10)3-5(8)9(13)14-2/h4-6,8-9H,7,15-16H2,1-3H3,(H,18,21);3-4,12H,1-2H3/b11-6-,12-10-;. The highest BCUT2D eigenvalue weighted by atomic mass is 19.2. The number of hydrogen-bond acceptors (Lipinski definition) is 9. The molecule has 13 heteroatoms. The van der Waals surface area contributed by atoms with Gasteiger partial charge in [-0.2, -0.15) is 0 Å². The van der Waals surface area contributed by atoms with E-state index >= 15 is 0 Å². The lowest BCUT2D eigenvalue weighted by atomic mass is 10.1. The smallest absolute Gasteiger partial charge is 0.407 e. The number of ether oxygens (including phenoxy) is 2. The molecular weight excluding hydrogens is 478 g/mol. The number of methoxy groups -OCH3 is 1. The minimum absolute atomic E-state index is 0.0101. The summed E-state index contributed by atoms with van der Waals surface area (Å²) in [5, 5.41) is 5.13. The zero-order valence-electron chi connectivity index (χ0n) is 20.6. The van der Waals surface area contributed by atoms with Crippen LogP contribution in [-0.4, -0.2) is 54.2 Å². The fraction of sp³-hybridized carbons (Fsp3) is 0.304. The number of rotatable bonds is 7. The van der Waals surface area contributed by atoms with Gasteiger partial charge in [0.25, 0.3) is 0 Å². The van der Waals surface area contributed by atoms with Crippen molar-refractivity contribution in [2.24, 2.45) is 11.5 Å². The van der Waals surface area contributed by atoms with Crippen molar-refractivity contribution in [3.8, 4) is 0 Å². The largest absolute Gasteiger partial charge is 0.465 e. The van der Waals surface area contributed by atoms with E-state index in [1.165, 1.54) is 26.6 Å². The second kappa shape index (κ2) is 13.5. The molecule has 0 bridgehead atoms. The van der Waals surface area contributed by atoms with Crippen molar-refractivity contribution < 1.29 is 32.6 Å². The van der Waals surface area contributed by atoms with Gasteiger partial charge in [0.05, 0.1) is 24.1 Å². The van der Waals surface area contributed by atoms with Gasteiger partial charge in [0.2, 0.25) is 0 Å². The molecule has 0 atom stereocenters. The Hall–Kier alpha value is -4.42. The van der Waals surface area contributed by atoms with E-state index in [1.807, 2.05) is 0 Å². The van der Waals surface area contributed by atoms with E-state index in [0.717, 1.165) is 12.1 Å². The molecule has 36 heavy (non-hydrogen) atoms. The van der Waals surface area contributed by atoms with Gasteiger partial charge >= 0.3 is 12.1 Å². The molecule has 1 amide bonds. The number of allylic oxidation sites excluding steroid dienone is 1. The minimum atomic E-state index is -1.08. The number of anilines is 1. The van der Waals surface area contributed by atoms with Crippen molar-refractivity contribution in [3.05, 3.63) is 65.4 Å². The second-order valence-electron chi connectivity index (χ2n) is 8.05. The van der Waals surface area contributed by atoms with Gasteiger partial charge in [-0.25, -0.2) is 23.4 Å². The predicted molar refractivity (Wildman–Crippen MR) is 129 cm³/mol. The molecule has 0 aliphatic rings. The third-order valence-corrected chi connectivity index (χ3v) is 4.15. The van der Waals surface area contributed by atoms with Crippen LogP contribution in [0.2, 0.25) is 0 Å². The summed E-state index contributed by atoms with van der Waals surface area (Å²) in [6.45, 7) is 5.32. The first-order valence-corrected chi connectivity index (χ1v) is 10.4. The van der Waals surface area contributed by atoms with Gasteiger partial charge in [-0.15, -0.1) is 0 Å². The van der Waals surface area contributed by atoms with Crippen molar-refractivity contribution in [2.75, 3.05) is 26.0 Å². The zero-order valence-corrected chi connectivity index (χ0v) is 20.6. The van der Waals surface area contributed by atoms with E-state index in [0.29, 0.717) is 17.7 Å². The van der Waals surface area contributed by atoms with Crippen LogP contribution in [0.15, 0.2) is 48.2 Å². The maximum absolute atomic E-state index is 12.8. The van der Waals surface area contributed by atoms with Gasteiger partial charge in [-0.3, -0.25) is 9.36 Å². The molecule has 1 heterocycles. The third-order valence-electron chi connectivity index (χ3n) is 4.15. The number of amides is 1. The summed E-state index contributed by atoms with van der Waals surface area (Å²) in [4.78, 5) is 37.4. The van der Waals surface area contributed by atoms with E-state index in [4.69, 9.17) is 16.2 Å². The Morgan fingerprint density at radius 1 is 1.19 bits per heavy atom.